The predicted octanol–water partition coefficient (Wildman–Crippen LogP) is 0.593. The van der Waals surface area contributed by atoms with Gasteiger partial charge < -0.3 is 9.84 Å². The minimum absolute atomic E-state index is 0.224. The van der Waals surface area contributed by atoms with E-state index in [1.165, 1.54) is 0 Å². The van der Waals surface area contributed by atoms with Crippen molar-refractivity contribution >= 4 is 21.7 Å². The van der Waals surface area contributed by atoms with E-state index in [1.54, 1.807) is 13.0 Å². The highest BCUT2D eigenvalue weighted by atomic mass is 32.2. The Labute approximate surface area is 106 Å². The molecule has 0 aliphatic carbocycles. The molecule has 0 saturated heterocycles. The van der Waals surface area contributed by atoms with Crippen LogP contribution in [0.2, 0.25) is 0 Å². The Balaban J connectivity index is 2.62. The number of hydrogen-bond donors (Lipinski definition) is 1. The van der Waals surface area contributed by atoms with Crippen LogP contribution in [0.5, 0.6) is 0 Å². The number of amides is 1. The van der Waals surface area contributed by atoms with E-state index in [1.807, 2.05) is 6.92 Å². The molecule has 1 N–H and O–H groups in total. The highest BCUT2D eigenvalue weighted by Crippen LogP contribution is 2.07. The Morgan fingerprint density at radius 1 is 1.56 bits per heavy atom. The van der Waals surface area contributed by atoms with Crippen LogP contribution in [0.25, 0.3) is 0 Å². The van der Waals surface area contributed by atoms with Crippen molar-refractivity contribution in [2.45, 2.75) is 20.3 Å². The minimum Gasteiger partial charge on any atom is -0.360 e. The van der Waals surface area contributed by atoms with E-state index in [-0.39, 0.29) is 12.4 Å². The Kier molecular flexibility index (Phi) is 4.85. The molecule has 8 heteroatoms. The molecule has 0 aliphatic rings. The molecule has 0 bridgehead atoms. The van der Waals surface area contributed by atoms with E-state index in [0.29, 0.717) is 18.7 Å². The van der Waals surface area contributed by atoms with E-state index in [2.05, 4.69) is 10.5 Å². The van der Waals surface area contributed by atoms with Crippen LogP contribution in [0.15, 0.2) is 10.6 Å². The lowest BCUT2D eigenvalue weighted by molar-refractivity contribution is -0.116. The van der Waals surface area contributed by atoms with Crippen molar-refractivity contribution in [2.75, 3.05) is 24.7 Å². The zero-order valence-electron chi connectivity index (χ0n) is 10.6. The average Bonchev–Trinajstić information content (AvgIpc) is 2.62. The fourth-order valence-electron chi connectivity index (χ4n) is 1.38. The molecule has 7 nitrogen and oxygen atoms in total. The molecule has 0 aliphatic heterocycles. The first-order valence-electron chi connectivity index (χ1n) is 5.51. The van der Waals surface area contributed by atoms with Crippen molar-refractivity contribution in [3.63, 3.8) is 0 Å². The number of anilines is 1. The first-order chi connectivity index (χ1) is 8.32. The monoisotopic (exact) mass is 275 g/mol. The number of carbonyl (C=O) groups excluding carboxylic acids is 1. The Morgan fingerprint density at radius 3 is 2.67 bits per heavy atom. The summed E-state index contributed by atoms with van der Waals surface area (Å²) in [4.78, 5) is 11.7. The number of carbonyl (C=O) groups is 1. The van der Waals surface area contributed by atoms with Gasteiger partial charge in [0.25, 0.3) is 0 Å². The highest BCUT2D eigenvalue weighted by Gasteiger charge is 2.19. The van der Waals surface area contributed by atoms with Crippen LogP contribution in [0.4, 0.5) is 5.82 Å². The van der Waals surface area contributed by atoms with E-state index >= 15 is 0 Å². The number of nitrogens with zero attached hydrogens (tertiary/aromatic N) is 2. The van der Waals surface area contributed by atoms with Gasteiger partial charge in [-0.15, -0.1) is 0 Å². The zero-order valence-corrected chi connectivity index (χ0v) is 11.5. The second-order valence-corrected chi connectivity index (χ2v) is 5.95. The number of rotatable bonds is 6. The molecule has 0 fully saturated rings. The van der Waals surface area contributed by atoms with Crippen molar-refractivity contribution in [1.29, 1.82) is 0 Å². The van der Waals surface area contributed by atoms with Gasteiger partial charge in [0, 0.05) is 12.6 Å². The molecule has 1 amide bonds. The van der Waals surface area contributed by atoms with Gasteiger partial charge in [0.2, 0.25) is 15.9 Å². The molecule has 0 radical (unpaired) electrons. The number of hydrogen-bond acceptors (Lipinski definition) is 5. The molecule has 0 aromatic carbocycles. The second kappa shape index (κ2) is 5.96. The van der Waals surface area contributed by atoms with Crippen LogP contribution in [0.1, 0.15) is 19.1 Å². The molecule has 0 saturated carbocycles. The third kappa shape index (κ3) is 4.46. The van der Waals surface area contributed by atoms with E-state index in [4.69, 9.17) is 4.52 Å². The SMILES string of the molecule is CCCN(CC(=O)Nc1cc(C)on1)S(C)(=O)=O. The summed E-state index contributed by atoms with van der Waals surface area (Å²) in [5, 5.41) is 6.07. The maximum atomic E-state index is 11.7. The highest BCUT2D eigenvalue weighted by molar-refractivity contribution is 7.88. The average molecular weight is 275 g/mol. The summed E-state index contributed by atoms with van der Waals surface area (Å²) in [6.07, 6.45) is 1.72. The van der Waals surface area contributed by atoms with Crippen LogP contribution >= 0.6 is 0 Å². The van der Waals surface area contributed by atoms with Gasteiger partial charge in [0.1, 0.15) is 5.76 Å². The summed E-state index contributed by atoms with van der Waals surface area (Å²) in [5.74, 6) is 0.406. The molecule has 1 heterocycles. The van der Waals surface area contributed by atoms with E-state index in [0.717, 1.165) is 10.6 Å². The van der Waals surface area contributed by atoms with Gasteiger partial charge in [-0.3, -0.25) is 4.79 Å². The van der Waals surface area contributed by atoms with E-state index in [9.17, 15) is 13.2 Å². The lowest BCUT2D eigenvalue weighted by atomic mass is 10.4. The normalized spacial score (nSPS) is 11.8. The van der Waals surface area contributed by atoms with Gasteiger partial charge in [-0.2, -0.15) is 4.31 Å². The quantitative estimate of drug-likeness (QED) is 0.820. The van der Waals surface area contributed by atoms with Gasteiger partial charge >= 0.3 is 0 Å². The summed E-state index contributed by atoms with van der Waals surface area (Å²) in [5.41, 5.74) is 0. The Bertz CT molecular complexity index is 509. The number of nitrogens with one attached hydrogen (secondary N) is 1. The molecule has 0 unspecified atom stereocenters. The maximum Gasteiger partial charge on any atom is 0.240 e. The third-order valence-electron chi connectivity index (χ3n) is 2.16. The Hall–Kier alpha value is -1.41. The van der Waals surface area contributed by atoms with Crippen LogP contribution in [0, 0.1) is 6.92 Å². The summed E-state index contributed by atoms with van der Waals surface area (Å²) < 4.78 is 28.8. The lowest BCUT2D eigenvalue weighted by Gasteiger charge is -2.17. The fourth-order valence-corrected chi connectivity index (χ4v) is 2.25. The van der Waals surface area contributed by atoms with Crippen molar-refractivity contribution in [3.05, 3.63) is 11.8 Å². The smallest absolute Gasteiger partial charge is 0.240 e. The van der Waals surface area contributed by atoms with Crippen LogP contribution in [-0.4, -0.2) is 43.1 Å². The van der Waals surface area contributed by atoms with Gasteiger partial charge in [0.15, 0.2) is 5.82 Å². The molecule has 1 rings (SSSR count). The summed E-state index contributed by atoms with van der Waals surface area (Å²) in [7, 11) is -3.38. The van der Waals surface area contributed by atoms with Crippen LogP contribution in [0.3, 0.4) is 0 Å². The van der Waals surface area contributed by atoms with Crippen LogP contribution in [-0.2, 0) is 14.8 Å². The van der Waals surface area contributed by atoms with Gasteiger partial charge in [-0.1, -0.05) is 12.1 Å². The van der Waals surface area contributed by atoms with E-state index < -0.39 is 15.9 Å². The van der Waals surface area contributed by atoms with Gasteiger partial charge in [-0.25, -0.2) is 8.42 Å². The first kappa shape index (κ1) is 14.7. The molecule has 1 aromatic rings. The standard InChI is InChI=1S/C10H17N3O4S/c1-4-5-13(18(3,15)16)7-10(14)11-9-6-8(2)17-12-9/h6H,4-5,7H2,1-3H3,(H,11,12,14). The minimum atomic E-state index is -3.38. The van der Waals surface area contributed by atoms with Gasteiger partial charge in [0.05, 0.1) is 12.8 Å². The zero-order chi connectivity index (χ0) is 13.8. The number of aryl methyl sites for hydroxylation is 1. The third-order valence-corrected chi connectivity index (χ3v) is 3.41. The summed E-state index contributed by atoms with van der Waals surface area (Å²) >= 11 is 0. The Morgan fingerprint density at radius 2 is 2.22 bits per heavy atom. The predicted molar refractivity (Wildman–Crippen MR) is 66.6 cm³/mol. The largest absolute Gasteiger partial charge is 0.360 e. The van der Waals surface area contributed by atoms with Crippen molar-refractivity contribution in [2.24, 2.45) is 0 Å². The fraction of sp³-hybridized carbons (Fsp3) is 0.600. The topological polar surface area (TPSA) is 92.5 Å². The molecule has 102 valence electrons. The molecule has 18 heavy (non-hydrogen) atoms. The summed E-state index contributed by atoms with van der Waals surface area (Å²) in [6, 6.07) is 1.56. The molecule has 1 aromatic heterocycles. The lowest BCUT2D eigenvalue weighted by Crippen LogP contribution is -2.37. The van der Waals surface area contributed by atoms with Crippen LogP contribution < -0.4 is 5.32 Å². The number of aromatic nitrogens is 1. The first-order valence-corrected chi connectivity index (χ1v) is 7.36. The molecule has 0 spiro atoms. The van der Waals surface area contributed by atoms with Gasteiger partial charge in [-0.05, 0) is 13.3 Å². The maximum absolute atomic E-state index is 11.7. The van der Waals surface area contributed by atoms with Crippen molar-refractivity contribution in [3.8, 4) is 0 Å². The second-order valence-electron chi connectivity index (χ2n) is 3.97. The molecular formula is C10H17N3O4S. The summed E-state index contributed by atoms with van der Waals surface area (Å²) in [6.45, 7) is 3.63. The van der Waals surface area contributed by atoms with Crippen molar-refractivity contribution < 1.29 is 17.7 Å². The molecule has 0 atom stereocenters. The molecular weight excluding hydrogens is 258 g/mol. The number of sulfonamides is 1. The van der Waals surface area contributed by atoms with Crippen molar-refractivity contribution in [1.82, 2.24) is 9.46 Å².